The summed E-state index contributed by atoms with van der Waals surface area (Å²) in [5, 5.41) is 11.3. The Hall–Kier alpha value is -3.35. The van der Waals surface area contributed by atoms with E-state index in [9.17, 15) is 9.50 Å². The zero-order valence-corrected chi connectivity index (χ0v) is 19.1. The van der Waals surface area contributed by atoms with Gasteiger partial charge in [0.05, 0.1) is 12.6 Å². The minimum Gasteiger partial charge on any atom is -0.493 e. The number of aliphatic hydroxyl groups is 1. The van der Waals surface area contributed by atoms with E-state index in [-0.39, 0.29) is 32.6 Å². The molecule has 5 nitrogen and oxygen atoms in total. The highest BCUT2D eigenvalue weighted by atomic mass is 19.1. The van der Waals surface area contributed by atoms with Crippen molar-refractivity contribution in [2.75, 3.05) is 13.7 Å². The van der Waals surface area contributed by atoms with Gasteiger partial charge in [-0.25, -0.2) is 4.39 Å². The number of benzene rings is 3. The minimum absolute atomic E-state index is 0. The van der Waals surface area contributed by atoms with E-state index >= 15 is 0 Å². The molecule has 1 N–H and O–H groups in total. The summed E-state index contributed by atoms with van der Waals surface area (Å²) >= 11 is 0. The van der Waals surface area contributed by atoms with Crippen LogP contribution in [0.15, 0.2) is 60.7 Å². The smallest absolute Gasteiger partial charge is 0.162 e. The molecular weight excluding hydrogens is 443 g/mol. The maximum atomic E-state index is 13.6. The average molecular weight is 475 g/mol. The van der Waals surface area contributed by atoms with Gasteiger partial charge in [0, 0.05) is 30.2 Å². The van der Waals surface area contributed by atoms with E-state index in [1.807, 2.05) is 16.7 Å². The molecule has 0 saturated carbocycles. The number of halogens is 1. The number of aromatic nitrogens is 1. The number of methoxy groups -OCH3 is 1. The average Bonchev–Trinajstić information content (AvgIpc) is 3.18. The lowest BCUT2D eigenvalue weighted by Crippen LogP contribution is -2.39. The van der Waals surface area contributed by atoms with E-state index in [4.69, 9.17) is 9.47 Å². The van der Waals surface area contributed by atoms with E-state index in [1.165, 1.54) is 39.9 Å². The van der Waals surface area contributed by atoms with Crippen LogP contribution in [-0.4, -0.2) is 28.2 Å². The number of rotatable bonds is 5. The fraction of sp³-hybridized carbons (Fsp3) is 0.310. The van der Waals surface area contributed by atoms with Crippen molar-refractivity contribution in [3.05, 3.63) is 94.4 Å². The first-order valence-electron chi connectivity index (χ1n) is 11.7. The molecule has 4 aromatic rings. The lowest BCUT2D eigenvalue weighted by atomic mass is 9.85. The second kappa shape index (κ2) is 9.36. The predicted octanol–water partition coefficient (Wildman–Crippen LogP) is 5.61. The lowest BCUT2D eigenvalue weighted by molar-refractivity contribution is 0.145. The van der Waals surface area contributed by atoms with Crippen molar-refractivity contribution in [2.24, 2.45) is 0 Å². The Labute approximate surface area is 205 Å². The van der Waals surface area contributed by atoms with E-state index in [2.05, 4.69) is 35.2 Å². The van der Waals surface area contributed by atoms with Crippen LogP contribution in [-0.2, 0) is 32.7 Å². The van der Waals surface area contributed by atoms with Crippen LogP contribution in [0, 0.1) is 5.82 Å². The van der Waals surface area contributed by atoms with Crippen molar-refractivity contribution in [3.8, 4) is 11.5 Å². The molecule has 2 aliphatic heterocycles. The van der Waals surface area contributed by atoms with Crippen molar-refractivity contribution in [2.45, 2.75) is 46.2 Å². The SMILES string of the molecule is C.COc1cc2c(cc1OCc1cccc(F)c1)C1Cc3c(n(CO)c4ccccc34)CN1CC2. The Kier molecular flexibility index (Phi) is 6.26. The van der Waals surface area contributed by atoms with Crippen LogP contribution in [0.5, 0.6) is 11.5 Å². The van der Waals surface area contributed by atoms with Gasteiger partial charge in [0.1, 0.15) is 19.2 Å². The molecule has 0 bridgehead atoms. The Morgan fingerprint density at radius 2 is 1.91 bits per heavy atom. The van der Waals surface area contributed by atoms with Gasteiger partial charge < -0.3 is 19.1 Å². The Bertz CT molecular complexity index is 1380. The number of aliphatic hydroxyl groups excluding tert-OH is 1. The molecule has 0 amide bonds. The second-order valence-corrected chi connectivity index (χ2v) is 9.07. The van der Waals surface area contributed by atoms with Gasteiger partial charge in [-0.15, -0.1) is 0 Å². The molecule has 35 heavy (non-hydrogen) atoms. The molecule has 2 aliphatic rings. The van der Waals surface area contributed by atoms with Crippen molar-refractivity contribution in [3.63, 3.8) is 0 Å². The topological polar surface area (TPSA) is 46.9 Å². The van der Waals surface area contributed by atoms with Crippen molar-refractivity contribution in [1.82, 2.24) is 9.47 Å². The molecule has 0 spiro atoms. The zero-order chi connectivity index (χ0) is 23.2. The molecule has 1 atom stereocenters. The Morgan fingerprint density at radius 1 is 1.06 bits per heavy atom. The van der Waals surface area contributed by atoms with Gasteiger partial charge in [0.25, 0.3) is 0 Å². The molecule has 6 heteroatoms. The fourth-order valence-electron chi connectivity index (χ4n) is 5.63. The molecule has 0 radical (unpaired) electrons. The van der Waals surface area contributed by atoms with Gasteiger partial charge in [0.2, 0.25) is 0 Å². The lowest BCUT2D eigenvalue weighted by Gasteiger charge is -2.41. The Morgan fingerprint density at radius 3 is 2.71 bits per heavy atom. The van der Waals surface area contributed by atoms with Crippen molar-refractivity contribution >= 4 is 10.9 Å². The first-order valence-corrected chi connectivity index (χ1v) is 11.7. The van der Waals surface area contributed by atoms with Crippen LogP contribution in [0.2, 0.25) is 0 Å². The van der Waals surface area contributed by atoms with Gasteiger partial charge in [-0.2, -0.15) is 0 Å². The molecular formula is C29H31FN2O3. The maximum absolute atomic E-state index is 13.6. The monoisotopic (exact) mass is 474 g/mol. The zero-order valence-electron chi connectivity index (χ0n) is 19.1. The molecule has 0 fully saturated rings. The standard InChI is InChI=1S/C28H27FN2O3.CH4/c1-33-27-12-19-9-10-30-15-26-23(21-7-2-3-8-24(21)31(26)17-32)13-25(30)22(19)14-28(27)34-16-18-5-4-6-20(29)11-18;/h2-8,11-12,14,25,32H,9-10,13,15-17H2,1H3;1H4. The summed E-state index contributed by atoms with van der Waals surface area (Å²) in [4.78, 5) is 2.50. The van der Waals surface area contributed by atoms with E-state index in [0.717, 1.165) is 37.0 Å². The van der Waals surface area contributed by atoms with Crippen LogP contribution in [0.4, 0.5) is 4.39 Å². The molecule has 1 aromatic heterocycles. The summed E-state index contributed by atoms with van der Waals surface area (Å²) < 4.78 is 27.4. The Balaban J connectivity index is 0.00000253. The highest BCUT2D eigenvalue weighted by Crippen LogP contribution is 2.44. The van der Waals surface area contributed by atoms with E-state index in [0.29, 0.717) is 11.5 Å². The van der Waals surface area contributed by atoms with Crippen molar-refractivity contribution < 1.29 is 19.0 Å². The second-order valence-electron chi connectivity index (χ2n) is 9.07. The highest BCUT2D eigenvalue weighted by Gasteiger charge is 2.35. The summed E-state index contributed by atoms with van der Waals surface area (Å²) in [7, 11) is 1.66. The van der Waals surface area contributed by atoms with Gasteiger partial charge in [-0.1, -0.05) is 37.8 Å². The van der Waals surface area contributed by atoms with Crippen LogP contribution in [0.25, 0.3) is 10.9 Å². The van der Waals surface area contributed by atoms with Crippen LogP contribution in [0.1, 0.15) is 41.4 Å². The van der Waals surface area contributed by atoms with Gasteiger partial charge in [0.15, 0.2) is 11.5 Å². The summed E-state index contributed by atoms with van der Waals surface area (Å²) in [5.74, 6) is 1.11. The third-order valence-electron chi connectivity index (χ3n) is 7.26. The number of hydrogen-bond donors (Lipinski definition) is 1. The van der Waals surface area contributed by atoms with E-state index in [1.54, 1.807) is 13.2 Å². The van der Waals surface area contributed by atoms with Gasteiger partial charge in [-0.3, -0.25) is 4.90 Å². The van der Waals surface area contributed by atoms with Gasteiger partial charge in [-0.05, 0) is 65.4 Å². The largest absolute Gasteiger partial charge is 0.493 e. The van der Waals surface area contributed by atoms with Crippen molar-refractivity contribution in [1.29, 1.82) is 0 Å². The first kappa shape index (κ1) is 23.4. The summed E-state index contributed by atoms with van der Waals surface area (Å²) in [6.07, 6.45) is 1.81. The number of nitrogens with zero attached hydrogens (tertiary/aromatic N) is 2. The van der Waals surface area contributed by atoms with Crippen LogP contribution < -0.4 is 9.47 Å². The van der Waals surface area contributed by atoms with E-state index < -0.39 is 0 Å². The highest BCUT2D eigenvalue weighted by molar-refractivity contribution is 5.86. The molecule has 1 unspecified atom stereocenters. The normalized spacial score (nSPS) is 16.7. The number of hydrogen-bond acceptors (Lipinski definition) is 4. The quantitative estimate of drug-likeness (QED) is 0.409. The summed E-state index contributed by atoms with van der Waals surface area (Å²) in [6, 6.07) is 19.2. The minimum atomic E-state index is -0.269. The molecule has 3 aromatic carbocycles. The molecule has 0 saturated heterocycles. The fourth-order valence-corrected chi connectivity index (χ4v) is 5.63. The number of para-hydroxylation sites is 1. The third kappa shape index (κ3) is 3.97. The molecule has 0 aliphatic carbocycles. The summed E-state index contributed by atoms with van der Waals surface area (Å²) in [5.41, 5.74) is 6.93. The predicted molar refractivity (Wildman–Crippen MR) is 135 cm³/mol. The molecule has 182 valence electrons. The summed E-state index contributed by atoms with van der Waals surface area (Å²) in [6.45, 7) is 2.02. The number of ether oxygens (including phenoxy) is 2. The maximum Gasteiger partial charge on any atom is 0.162 e. The van der Waals surface area contributed by atoms with Gasteiger partial charge >= 0.3 is 0 Å². The van der Waals surface area contributed by atoms with Crippen LogP contribution in [0.3, 0.4) is 0 Å². The molecule has 3 heterocycles. The third-order valence-corrected chi connectivity index (χ3v) is 7.26. The van der Waals surface area contributed by atoms with Crippen LogP contribution >= 0.6 is 0 Å². The molecule has 6 rings (SSSR count). The number of fused-ring (bicyclic) bond motifs is 6. The first-order chi connectivity index (χ1) is 16.7.